The molecule has 2 aromatic rings. The zero-order valence-electron chi connectivity index (χ0n) is 9.03. The van der Waals surface area contributed by atoms with Crippen molar-refractivity contribution in [1.82, 2.24) is 9.78 Å². The number of hydrogen-bond donors (Lipinski definition) is 0. The number of aromatic nitrogens is 2. The van der Waals surface area contributed by atoms with E-state index in [-0.39, 0.29) is 0 Å². The highest BCUT2D eigenvalue weighted by molar-refractivity contribution is 6.31. The van der Waals surface area contributed by atoms with E-state index in [1.165, 1.54) is 0 Å². The van der Waals surface area contributed by atoms with Crippen LogP contribution in [0.4, 0.5) is 0 Å². The van der Waals surface area contributed by atoms with Crippen molar-refractivity contribution in [1.29, 1.82) is 5.26 Å². The Morgan fingerprint density at radius 3 is 2.75 bits per heavy atom. The van der Waals surface area contributed by atoms with Gasteiger partial charge < -0.3 is 0 Å². The third-order valence-electron chi connectivity index (χ3n) is 2.60. The van der Waals surface area contributed by atoms with E-state index in [0.717, 1.165) is 16.9 Å². The molecule has 1 aromatic carbocycles. The Hall–Kier alpha value is -1.79. The maximum absolute atomic E-state index is 8.87. The third-order valence-corrected chi connectivity index (χ3v) is 3.01. The molecule has 0 aliphatic heterocycles. The van der Waals surface area contributed by atoms with Gasteiger partial charge in [0.05, 0.1) is 23.1 Å². The molecular weight excluding hydrogens is 222 g/mol. The highest BCUT2D eigenvalue weighted by atomic mass is 35.5. The molecule has 0 saturated heterocycles. The van der Waals surface area contributed by atoms with Crippen LogP contribution in [0, 0.1) is 25.2 Å². The van der Waals surface area contributed by atoms with E-state index >= 15 is 0 Å². The Labute approximate surface area is 98.9 Å². The summed E-state index contributed by atoms with van der Waals surface area (Å²) in [5.41, 5.74) is 3.28. The molecule has 0 saturated carbocycles. The summed E-state index contributed by atoms with van der Waals surface area (Å²) < 4.78 is 1.74. The van der Waals surface area contributed by atoms with Crippen LogP contribution in [0.2, 0.25) is 5.02 Å². The zero-order chi connectivity index (χ0) is 11.7. The van der Waals surface area contributed by atoms with Crippen LogP contribution in [0.1, 0.15) is 16.8 Å². The molecule has 1 heterocycles. The first-order valence-corrected chi connectivity index (χ1v) is 5.23. The van der Waals surface area contributed by atoms with Gasteiger partial charge >= 0.3 is 0 Å². The summed E-state index contributed by atoms with van der Waals surface area (Å²) in [6.07, 6.45) is 1.57. The van der Waals surface area contributed by atoms with Gasteiger partial charge in [-0.25, -0.2) is 4.68 Å². The average Bonchev–Trinajstić information content (AvgIpc) is 2.64. The van der Waals surface area contributed by atoms with Crippen molar-refractivity contribution >= 4 is 11.6 Å². The van der Waals surface area contributed by atoms with Crippen LogP contribution in [0.15, 0.2) is 24.4 Å². The molecule has 0 aliphatic carbocycles. The number of nitrogens with zero attached hydrogens (tertiary/aromatic N) is 3. The van der Waals surface area contributed by atoms with Crippen LogP contribution >= 0.6 is 11.6 Å². The molecule has 0 amide bonds. The van der Waals surface area contributed by atoms with Gasteiger partial charge in [-0.2, -0.15) is 10.4 Å². The lowest BCUT2D eigenvalue weighted by Crippen LogP contribution is -2.01. The van der Waals surface area contributed by atoms with Gasteiger partial charge in [0.25, 0.3) is 0 Å². The lowest BCUT2D eigenvalue weighted by molar-refractivity contribution is 0.840. The van der Waals surface area contributed by atoms with E-state index in [4.69, 9.17) is 16.9 Å². The number of halogens is 1. The quantitative estimate of drug-likeness (QED) is 0.757. The molecule has 0 N–H and O–H groups in total. The molecule has 0 aliphatic rings. The van der Waals surface area contributed by atoms with Crippen molar-refractivity contribution in [2.45, 2.75) is 13.8 Å². The molecule has 0 radical (unpaired) electrons. The SMILES string of the molecule is Cc1c(Cl)cccc1-n1ncc(C#N)c1C. The van der Waals surface area contributed by atoms with E-state index in [1.807, 2.05) is 32.0 Å². The zero-order valence-corrected chi connectivity index (χ0v) is 9.78. The lowest BCUT2D eigenvalue weighted by Gasteiger charge is -2.09. The minimum absolute atomic E-state index is 0.583. The minimum atomic E-state index is 0.583. The third kappa shape index (κ3) is 1.58. The molecule has 0 spiro atoms. The predicted molar refractivity (Wildman–Crippen MR) is 62.8 cm³/mol. The summed E-state index contributed by atoms with van der Waals surface area (Å²) in [6.45, 7) is 3.80. The first-order valence-electron chi connectivity index (χ1n) is 4.85. The molecule has 16 heavy (non-hydrogen) atoms. The van der Waals surface area contributed by atoms with Gasteiger partial charge in [0.15, 0.2) is 0 Å². The molecular formula is C12H10ClN3. The molecule has 0 fully saturated rings. The summed E-state index contributed by atoms with van der Waals surface area (Å²) in [5.74, 6) is 0. The Balaban J connectivity index is 2.64. The number of nitriles is 1. The molecule has 4 heteroatoms. The van der Waals surface area contributed by atoms with E-state index < -0.39 is 0 Å². The van der Waals surface area contributed by atoms with Gasteiger partial charge in [-0.3, -0.25) is 0 Å². The highest BCUT2D eigenvalue weighted by Crippen LogP contribution is 2.23. The van der Waals surface area contributed by atoms with Crippen LogP contribution in [0.5, 0.6) is 0 Å². The molecule has 80 valence electrons. The van der Waals surface area contributed by atoms with Crippen molar-refractivity contribution in [3.05, 3.63) is 46.2 Å². The van der Waals surface area contributed by atoms with E-state index in [0.29, 0.717) is 10.6 Å². The standard InChI is InChI=1S/C12H10ClN3/c1-8-11(13)4-3-5-12(8)16-9(2)10(6-14)7-15-16/h3-5,7H,1-2H3. The van der Waals surface area contributed by atoms with Crippen molar-refractivity contribution in [3.8, 4) is 11.8 Å². The maximum atomic E-state index is 8.87. The van der Waals surface area contributed by atoms with Crippen molar-refractivity contribution in [3.63, 3.8) is 0 Å². The predicted octanol–water partition coefficient (Wildman–Crippen LogP) is 3.01. The summed E-state index contributed by atoms with van der Waals surface area (Å²) >= 11 is 6.05. The van der Waals surface area contributed by atoms with Gasteiger partial charge in [-0.15, -0.1) is 0 Å². The number of hydrogen-bond acceptors (Lipinski definition) is 2. The summed E-state index contributed by atoms with van der Waals surface area (Å²) in [7, 11) is 0. The minimum Gasteiger partial charge on any atom is -0.236 e. The van der Waals surface area contributed by atoms with Crippen LogP contribution < -0.4 is 0 Å². The molecule has 0 atom stereocenters. The summed E-state index contributed by atoms with van der Waals surface area (Å²) in [4.78, 5) is 0. The van der Waals surface area contributed by atoms with Crippen molar-refractivity contribution < 1.29 is 0 Å². The summed E-state index contributed by atoms with van der Waals surface area (Å²) in [6, 6.07) is 7.75. The van der Waals surface area contributed by atoms with Gasteiger partial charge in [-0.05, 0) is 31.5 Å². The lowest BCUT2D eigenvalue weighted by atomic mass is 10.2. The normalized spacial score (nSPS) is 10.1. The molecule has 3 nitrogen and oxygen atoms in total. The van der Waals surface area contributed by atoms with Gasteiger partial charge in [0, 0.05) is 5.02 Å². The smallest absolute Gasteiger partial charge is 0.103 e. The molecule has 1 aromatic heterocycles. The monoisotopic (exact) mass is 231 g/mol. The van der Waals surface area contributed by atoms with Gasteiger partial charge in [0.1, 0.15) is 6.07 Å². The largest absolute Gasteiger partial charge is 0.236 e. The second-order valence-electron chi connectivity index (χ2n) is 3.55. The van der Waals surface area contributed by atoms with Gasteiger partial charge in [0.2, 0.25) is 0 Å². The summed E-state index contributed by atoms with van der Waals surface area (Å²) in [5, 5.41) is 13.8. The Morgan fingerprint density at radius 2 is 2.12 bits per heavy atom. The second kappa shape index (κ2) is 3.99. The Morgan fingerprint density at radius 1 is 1.38 bits per heavy atom. The maximum Gasteiger partial charge on any atom is 0.103 e. The number of rotatable bonds is 1. The molecule has 2 rings (SSSR count). The topological polar surface area (TPSA) is 41.6 Å². The average molecular weight is 232 g/mol. The van der Waals surface area contributed by atoms with Crippen molar-refractivity contribution in [2.24, 2.45) is 0 Å². The van der Waals surface area contributed by atoms with E-state index in [1.54, 1.807) is 10.9 Å². The Bertz CT molecular complexity index is 578. The molecule has 0 bridgehead atoms. The van der Waals surface area contributed by atoms with Crippen LogP contribution in [0.25, 0.3) is 5.69 Å². The van der Waals surface area contributed by atoms with Crippen LogP contribution in [0.3, 0.4) is 0 Å². The Kier molecular flexibility index (Phi) is 2.67. The van der Waals surface area contributed by atoms with Crippen LogP contribution in [-0.2, 0) is 0 Å². The second-order valence-corrected chi connectivity index (χ2v) is 3.96. The first-order chi connectivity index (χ1) is 7.65. The fraction of sp³-hybridized carbons (Fsp3) is 0.167. The van der Waals surface area contributed by atoms with Crippen molar-refractivity contribution in [2.75, 3.05) is 0 Å². The van der Waals surface area contributed by atoms with Crippen LogP contribution in [-0.4, -0.2) is 9.78 Å². The highest BCUT2D eigenvalue weighted by Gasteiger charge is 2.10. The first kappa shape index (κ1) is 10.7. The fourth-order valence-electron chi connectivity index (χ4n) is 1.59. The number of benzene rings is 1. The molecule has 0 unspecified atom stereocenters. The van der Waals surface area contributed by atoms with E-state index in [9.17, 15) is 0 Å². The fourth-order valence-corrected chi connectivity index (χ4v) is 1.76. The van der Waals surface area contributed by atoms with Gasteiger partial charge in [-0.1, -0.05) is 17.7 Å². The van der Waals surface area contributed by atoms with E-state index in [2.05, 4.69) is 11.2 Å².